The number of aryl methyl sites for hydroxylation is 2. The number of nitrogens with zero attached hydrogens (tertiary/aromatic N) is 4. The van der Waals surface area contributed by atoms with Gasteiger partial charge in [0.15, 0.2) is 0 Å². The van der Waals surface area contributed by atoms with Crippen LogP contribution in [0.3, 0.4) is 0 Å². The van der Waals surface area contributed by atoms with Crippen LogP contribution < -0.4 is 26.6 Å². The van der Waals surface area contributed by atoms with Crippen LogP contribution in [0.15, 0.2) is 64.3 Å². The Balaban J connectivity index is 0.000000356. The van der Waals surface area contributed by atoms with Crippen molar-refractivity contribution in [1.29, 1.82) is 0 Å². The van der Waals surface area contributed by atoms with Crippen molar-refractivity contribution in [2.24, 2.45) is 20.0 Å². The molecule has 5 aromatic rings. The number of hydrogen-bond acceptors (Lipinski definition) is 9. The normalized spacial score (nSPS) is 13.7. The van der Waals surface area contributed by atoms with E-state index in [9.17, 15) is 14.4 Å². The number of methoxy groups -OCH3 is 1. The van der Waals surface area contributed by atoms with E-state index in [1.165, 1.54) is 22.7 Å². The second kappa shape index (κ2) is 17.7. The summed E-state index contributed by atoms with van der Waals surface area (Å²) in [6.45, 7) is 10.2. The number of fused-ring (bicyclic) bond motifs is 2. The SMILES string of the molecule is CC.CCOC(=O)C1CCNCC1.COc1nc(-c2cccc(-c3cccc(Nc4nccc5c4c(=O)n(C)c(=O)n5C)c3C)c2Cl)cc2c1CCC2. The summed E-state index contributed by atoms with van der Waals surface area (Å²) in [5, 5.41) is 7.48. The zero-order valence-corrected chi connectivity index (χ0v) is 32.4. The summed E-state index contributed by atoms with van der Waals surface area (Å²) in [6.07, 6.45) is 6.52. The average Bonchev–Trinajstić information content (AvgIpc) is 3.67. The highest BCUT2D eigenvalue weighted by atomic mass is 35.5. The first-order valence-corrected chi connectivity index (χ1v) is 18.7. The minimum absolute atomic E-state index is 0.0194. The van der Waals surface area contributed by atoms with Crippen LogP contribution in [0.25, 0.3) is 33.3 Å². The number of pyridine rings is 2. The van der Waals surface area contributed by atoms with E-state index in [1.807, 2.05) is 64.1 Å². The number of anilines is 2. The molecule has 1 aliphatic heterocycles. The Morgan fingerprint density at radius 2 is 1.70 bits per heavy atom. The molecule has 2 aliphatic rings. The molecule has 4 heterocycles. The minimum atomic E-state index is -0.407. The maximum atomic E-state index is 13.1. The third-order valence-electron chi connectivity index (χ3n) is 9.74. The first-order chi connectivity index (χ1) is 25.6. The molecule has 0 amide bonds. The van der Waals surface area contributed by atoms with Crippen LogP contribution >= 0.6 is 11.6 Å². The first kappa shape index (κ1) is 39.2. The van der Waals surface area contributed by atoms with Gasteiger partial charge in [-0.15, -0.1) is 0 Å². The van der Waals surface area contributed by atoms with Crippen molar-refractivity contribution in [3.05, 3.63) is 97.3 Å². The van der Waals surface area contributed by atoms with Gasteiger partial charge in [-0.25, -0.2) is 14.8 Å². The zero-order chi connectivity index (χ0) is 38.2. The summed E-state index contributed by atoms with van der Waals surface area (Å²) in [6, 6.07) is 15.6. The van der Waals surface area contributed by atoms with E-state index in [1.54, 1.807) is 26.4 Å². The van der Waals surface area contributed by atoms with Gasteiger partial charge in [0.2, 0.25) is 5.88 Å². The van der Waals surface area contributed by atoms with E-state index < -0.39 is 11.2 Å². The smallest absolute Gasteiger partial charge is 0.330 e. The molecule has 0 saturated carbocycles. The molecule has 0 radical (unpaired) electrons. The largest absolute Gasteiger partial charge is 0.481 e. The van der Waals surface area contributed by atoms with Crippen LogP contribution in [0.4, 0.5) is 11.5 Å². The summed E-state index contributed by atoms with van der Waals surface area (Å²) in [7, 11) is 4.76. The van der Waals surface area contributed by atoms with Crippen LogP contribution in [0.5, 0.6) is 5.88 Å². The summed E-state index contributed by atoms with van der Waals surface area (Å²) in [5.74, 6) is 1.17. The van der Waals surface area contributed by atoms with Gasteiger partial charge in [-0.2, -0.15) is 0 Å². The van der Waals surface area contributed by atoms with Crippen molar-refractivity contribution in [1.82, 2.24) is 24.4 Å². The Hall–Kier alpha value is -5.00. The predicted molar refractivity (Wildman–Crippen MR) is 213 cm³/mol. The monoisotopic (exact) mass is 740 g/mol. The molecule has 0 spiro atoms. The lowest BCUT2D eigenvalue weighted by Gasteiger charge is -2.20. The van der Waals surface area contributed by atoms with E-state index in [2.05, 4.69) is 21.7 Å². The third-order valence-corrected chi connectivity index (χ3v) is 10.1. The van der Waals surface area contributed by atoms with Crippen molar-refractivity contribution in [2.45, 2.75) is 59.8 Å². The molecule has 2 aromatic carbocycles. The molecule has 0 unspecified atom stereocenters. The van der Waals surface area contributed by atoms with Gasteiger partial charge in [0, 0.05) is 42.7 Å². The van der Waals surface area contributed by atoms with E-state index in [0.29, 0.717) is 34.2 Å². The number of carbonyl (C=O) groups is 1. The lowest BCUT2D eigenvalue weighted by atomic mass is 9.96. The van der Waals surface area contributed by atoms with E-state index in [-0.39, 0.29) is 11.9 Å². The first-order valence-electron chi connectivity index (χ1n) is 18.3. The molecule has 12 heteroatoms. The van der Waals surface area contributed by atoms with E-state index in [0.717, 1.165) is 83.4 Å². The van der Waals surface area contributed by atoms with Crippen LogP contribution in [0, 0.1) is 12.8 Å². The van der Waals surface area contributed by atoms with Crippen molar-refractivity contribution in [2.75, 3.05) is 32.1 Å². The fourth-order valence-corrected chi connectivity index (χ4v) is 7.24. The number of ether oxygens (including phenoxy) is 2. The van der Waals surface area contributed by atoms with Gasteiger partial charge in [-0.1, -0.05) is 55.8 Å². The van der Waals surface area contributed by atoms with Crippen LogP contribution in [-0.2, 0) is 36.5 Å². The lowest BCUT2D eigenvalue weighted by molar-refractivity contribution is -0.148. The van der Waals surface area contributed by atoms with Gasteiger partial charge in [0.05, 0.1) is 35.9 Å². The molecule has 53 heavy (non-hydrogen) atoms. The van der Waals surface area contributed by atoms with Crippen molar-refractivity contribution >= 4 is 40.0 Å². The molecule has 2 N–H and O–H groups in total. The lowest BCUT2D eigenvalue weighted by Crippen LogP contribution is -2.37. The Morgan fingerprint density at radius 1 is 1.00 bits per heavy atom. The highest BCUT2D eigenvalue weighted by molar-refractivity contribution is 6.36. The second-order valence-corrected chi connectivity index (χ2v) is 13.2. The van der Waals surface area contributed by atoms with Crippen molar-refractivity contribution in [3.63, 3.8) is 0 Å². The van der Waals surface area contributed by atoms with E-state index >= 15 is 0 Å². The number of aromatic nitrogens is 4. The van der Waals surface area contributed by atoms with Gasteiger partial charge in [-0.05, 0) is 93.9 Å². The molecule has 3 aromatic heterocycles. The topological polar surface area (TPSA) is 129 Å². The molecular formula is C41H49ClN6O5. The maximum Gasteiger partial charge on any atom is 0.330 e. The molecule has 1 fully saturated rings. The molecule has 1 aliphatic carbocycles. The Kier molecular flexibility index (Phi) is 13.1. The fraction of sp³-hybridized carbons (Fsp3) is 0.390. The van der Waals surface area contributed by atoms with Crippen LogP contribution in [0.1, 0.15) is 56.7 Å². The van der Waals surface area contributed by atoms with Crippen LogP contribution in [0.2, 0.25) is 5.02 Å². The summed E-state index contributed by atoms with van der Waals surface area (Å²) in [4.78, 5) is 45.9. The van der Waals surface area contributed by atoms with Gasteiger partial charge in [0.25, 0.3) is 5.56 Å². The van der Waals surface area contributed by atoms with Gasteiger partial charge < -0.3 is 20.1 Å². The summed E-state index contributed by atoms with van der Waals surface area (Å²) in [5.41, 5.74) is 7.29. The fourth-order valence-electron chi connectivity index (χ4n) is 6.92. The number of halogens is 1. The minimum Gasteiger partial charge on any atom is -0.481 e. The number of benzene rings is 2. The number of esters is 1. The van der Waals surface area contributed by atoms with Gasteiger partial charge in [0.1, 0.15) is 11.2 Å². The van der Waals surface area contributed by atoms with Crippen molar-refractivity contribution in [3.8, 4) is 28.3 Å². The number of hydrogen-bond donors (Lipinski definition) is 2. The Morgan fingerprint density at radius 3 is 2.42 bits per heavy atom. The van der Waals surface area contributed by atoms with Gasteiger partial charge in [-0.3, -0.25) is 18.7 Å². The maximum absolute atomic E-state index is 13.1. The van der Waals surface area contributed by atoms with E-state index in [4.69, 9.17) is 26.1 Å². The molecule has 0 bridgehead atoms. The highest BCUT2D eigenvalue weighted by Crippen LogP contribution is 2.41. The molecule has 1 saturated heterocycles. The number of nitrogens with one attached hydrogen (secondary N) is 2. The summed E-state index contributed by atoms with van der Waals surface area (Å²) >= 11 is 7.07. The highest BCUT2D eigenvalue weighted by Gasteiger charge is 2.23. The van der Waals surface area contributed by atoms with Crippen LogP contribution in [-0.4, -0.2) is 51.9 Å². The molecule has 0 atom stereocenters. The number of piperidine rings is 1. The quantitative estimate of drug-likeness (QED) is 0.167. The Labute approximate surface area is 315 Å². The van der Waals surface area contributed by atoms with Gasteiger partial charge >= 0.3 is 11.7 Å². The summed E-state index contributed by atoms with van der Waals surface area (Å²) < 4.78 is 13.1. The predicted octanol–water partition coefficient (Wildman–Crippen LogP) is 7.14. The average molecular weight is 741 g/mol. The zero-order valence-electron chi connectivity index (χ0n) is 31.6. The standard InChI is InChI=1S/C31H28ClN5O3.C8H15NO2.C2H6/c1-17-19(21-11-6-12-22(27(21)32)24-16-18-8-5-10-20(18)29(35-24)40-4)9-7-13-23(17)34-28-26-25(14-15-33-28)36(2)31(39)37(3)30(26)38;1-2-11-8(10)7-3-5-9-6-4-7;1-2/h6-7,9,11-16H,5,8,10H2,1-4H3,(H,33,34);7,9H,2-6H2,1H3;1-2H3. The number of carbonyl (C=O) groups excluding carboxylic acids is 1. The number of rotatable bonds is 7. The third kappa shape index (κ3) is 8.16. The molecule has 11 nitrogen and oxygen atoms in total. The molecule has 7 rings (SSSR count). The molecule has 280 valence electrons. The molecular weight excluding hydrogens is 692 g/mol. The Bertz CT molecular complexity index is 2220. The van der Waals surface area contributed by atoms with Crippen molar-refractivity contribution < 1.29 is 14.3 Å². The second-order valence-electron chi connectivity index (χ2n) is 12.8.